The highest BCUT2D eigenvalue weighted by Gasteiger charge is 2.34. The zero-order valence-electron chi connectivity index (χ0n) is 17.7. The molecule has 0 spiro atoms. The summed E-state index contributed by atoms with van der Waals surface area (Å²) in [5.74, 6) is -0.517. The third-order valence-corrected chi connectivity index (χ3v) is 5.19. The predicted octanol–water partition coefficient (Wildman–Crippen LogP) is 5.96. The molecule has 0 unspecified atom stereocenters. The maximum atomic E-state index is 13.3. The Morgan fingerprint density at radius 1 is 1.00 bits per heavy atom. The molecule has 0 bridgehead atoms. The average Bonchev–Trinajstić information content (AvgIpc) is 2.71. The molecule has 0 aliphatic heterocycles. The molecule has 3 rings (SSSR count). The number of fused-ring (bicyclic) bond motifs is 1. The molecule has 2 amide bonds. The molecule has 2 aromatic carbocycles. The molecule has 0 aliphatic carbocycles. The van der Waals surface area contributed by atoms with Gasteiger partial charge in [-0.25, -0.2) is 9.78 Å². The van der Waals surface area contributed by atoms with Crippen molar-refractivity contribution in [3.05, 3.63) is 52.1 Å². The summed E-state index contributed by atoms with van der Waals surface area (Å²) >= 11 is 12.0. The summed E-state index contributed by atoms with van der Waals surface area (Å²) in [4.78, 5) is 21.7. The first-order valence-corrected chi connectivity index (χ1v) is 10.6. The number of hydrogen-bond donors (Lipinski definition) is 3. The van der Waals surface area contributed by atoms with Crippen LogP contribution in [0.15, 0.2) is 36.4 Å². The first-order valence-electron chi connectivity index (χ1n) is 9.83. The van der Waals surface area contributed by atoms with Crippen molar-refractivity contribution in [1.82, 2.24) is 14.9 Å². The normalized spacial score (nSPS) is 11.6. The quantitative estimate of drug-likeness (QED) is 0.348. The van der Waals surface area contributed by atoms with Gasteiger partial charge in [-0.15, -0.1) is 0 Å². The fourth-order valence-electron chi connectivity index (χ4n) is 2.93. The number of alkyl halides is 3. The third kappa shape index (κ3) is 7.08. The lowest BCUT2D eigenvalue weighted by Gasteiger charge is -2.14. The smallest absolute Gasteiger partial charge is 0.370 e. The van der Waals surface area contributed by atoms with Gasteiger partial charge in [-0.1, -0.05) is 29.3 Å². The minimum Gasteiger partial charge on any atom is -0.370 e. The van der Waals surface area contributed by atoms with Crippen LogP contribution < -0.4 is 16.0 Å². The van der Waals surface area contributed by atoms with Crippen LogP contribution in [-0.4, -0.2) is 48.1 Å². The van der Waals surface area contributed by atoms with E-state index in [1.807, 2.05) is 19.0 Å². The predicted molar refractivity (Wildman–Crippen MR) is 125 cm³/mol. The van der Waals surface area contributed by atoms with Crippen molar-refractivity contribution in [1.29, 1.82) is 0 Å². The fourth-order valence-corrected chi connectivity index (χ4v) is 3.28. The minimum absolute atomic E-state index is 0.0383. The van der Waals surface area contributed by atoms with Gasteiger partial charge in [0.2, 0.25) is 5.95 Å². The number of carbonyl (C=O) groups is 1. The number of anilines is 3. The lowest BCUT2D eigenvalue weighted by atomic mass is 10.1. The van der Waals surface area contributed by atoms with E-state index in [0.717, 1.165) is 23.4 Å². The van der Waals surface area contributed by atoms with Crippen LogP contribution in [0.3, 0.4) is 0 Å². The number of rotatable bonds is 7. The van der Waals surface area contributed by atoms with Gasteiger partial charge in [-0.05, 0) is 62.1 Å². The molecule has 0 saturated heterocycles. The molecule has 3 N–H and O–H groups in total. The van der Waals surface area contributed by atoms with E-state index in [-0.39, 0.29) is 5.82 Å². The van der Waals surface area contributed by atoms with E-state index in [1.54, 1.807) is 30.3 Å². The summed E-state index contributed by atoms with van der Waals surface area (Å²) in [5, 5.41) is 9.92. The Morgan fingerprint density at radius 3 is 2.36 bits per heavy atom. The van der Waals surface area contributed by atoms with Crippen molar-refractivity contribution in [3.8, 4) is 0 Å². The summed E-state index contributed by atoms with van der Waals surface area (Å²) in [7, 11) is 3.79. The van der Waals surface area contributed by atoms with Crippen LogP contribution in [0.5, 0.6) is 0 Å². The first kappa shape index (κ1) is 24.8. The van der Waals surface area contributed by atoms with Crippen LogP contribution in [0.1, 0.15) is 12.1 Å². The van der Waals surface area contributed by atoms with Gasteiger partial charge < -0.3 is 15.5 Å². The Balaban J connectivity index is 1.74. The van der Waals surface area contributed by atoms with Crippen LogP contribution >= 0.6 is 23.2 Å². The summed E-state index contributed by atoms with van der Waals surface area (Å²) in [6.45, 7) is 1.16. The van der Waals surface area contributed by atoms with Crippen LogP contribution in [0, 0.1) is 0 Å². The molecule has 1 aromatic heterocycles. The molecule has 12 heteroatoms. The molecular weight excluding hydrogens is 480 g/mol. The monoisotopic (exact) mass is 500 g/mol. The highest BCUT2D eigenvalue weighted by atomic mass is 35.5. The maximum Gasteiger partial charge on any atom is 0.433 e. The highest BCUT2D eigenvalue weighted by Crippen LogP contribution is 2.31. The summed E-state index contributed by atoms with van der Waals surface area (Å²) in [5.41, 5.74) is -0.771. The second-order valence-electron chi connectivity index (χ2n) is 7.45. The lowest BCUT2D eigenvalue weighted by molar-refractivity contribution is -0.141. The molecule has 7 nitrogen and oxygen atoms in total. The van der Waals surface area contributed by atoms with Crippen LogP contribution in [0.25, 0.3) is 10.8 Å². The standard InChI is InChI=1S/C21H21Cl2F3N6O/c1-32(2)7-3-6-27-18-11-17(21(24,25)26)29-19(30-18)31-20(33)28-14-5-4-12-9-15(22)16(23)10-13(12)8-14/h4-5,8-11H,3,6-7H2,1-2H3,(H3,27,28,29,30,31,33). The number of carbonyl (C=O) groups excluding carboxylic acids is 1. The second kappa shape index (κ2) is 10.4. The second-order valence-corrected chi connectivity index (χ2v) is 8.27. The fraction of sp³-hybridized carbons (Fsp3) is 0.286. The van der Waals surface area contributed by atoms with Crippen molar-refractivity contribution in [2.24, 2.45) is 0 Å². The third-order valence-electron chi connectivity index (χ3n) is 4.47. The van der Waals surface area contributed by atoms with E-state index < -0.39 is 23.8 Å². The molecule has 176 valence electrons. The molecular formula is C21H21Cl2F3N6O. The summed E-state index contributed by atoms with van der Waals surface area (Å²) in [6, 6.07) is 8.34. The van der Waals surface area contributed by atoms with Gasteiger partial charge in [0, 0.05) is 18.3 Å². The molecule has 0 atom stereocenters. The molecule has 0 aliphatic rings. The van der Waals surface area contributed by atoms with Crippen LogP contribution in [0.2, 0.25) is 10.0 Å². The Hall–Kier alpha value is -2.82. The highest BCUT2D eigenvalue weighted by molar-refractivity contribution is 6.42. The molecule has 0 saturated carbocycles. The number of hydrogen-bond acceptors (Lipinski definition) is 5. The number of amides is 2. The molecule has 33 heavy (non-hydrogen) atoms. The van der Waals surface area contributed by atoms with E-state index in [1.165, 1.54) is 0 Å². The van der Waals surface area contributed by atoms with Crippen molar-refractivity contribution < 1.29 is 18.0 Å². The van der Waals surface area contributed by atoms with Gasteiger partial charge in [0.15, 0.2) is 5.69 Å². The van der Waals surface area contributed by atoms with E-state index in [0.29, 0.717) is 28.7 Å². The Labute approximate surface area is 198 Å². The Kier molecular flexibility index (Phi) is 7.83. The van der Waals surface area contributed by atoms with Gasteiger partial charge in [-0.3, -0.25) is 5.32 Å². The molecule has 0 radical (unpaired) electrons. The SMILES string of the molecule is CN(C)CCCNc1cc(C(F)(F)F)nc(NC(=O)Nc2ccc3cc(Cl)c(Cl)cc3c2)n1. The van der Waals surface area contributed by atoms with Gasteiger partial charge in [0.1, 0.15) is 5.82 Å². The van der Waals surface area contributed by atoms with Gasteiger partial charge in [0.25, 0.3) is 0 Å². The first-order chi connectivity index (χ1) is 15.5. The van der Waals surface area contributed by atoms with Crippen LogP contribution in [-0.2, 0) is 6.18 Å². The zero-order valence-corrected chi connectivity index (χ0v) is 19.2. The van der Waals surface area contributed by atoms with Gasteiger partial charge >= 0.3 is 12.2 Å². The number of urea groups is 1. The number of nitrogens with one attached hydrogen (secondary N) is 3. The van der Waals surface area contributed by atoms with E-state index in [2.05, 4.69) is 25.9 Å². The molecule has 0 fully saturated rings. The minimum atomic E-state index is -4.70. The van der Waals surface area contributed by atoms with Gasteiger partial charge in [0.05, 0.1) is 10.0 Å². The lowest BCUT2D eigenvalue weighted by Crippen LogP contribution is -2.23. The molecule has 3 aromatic rings. The van der Waals surface area contributed by atoms with Crippen LogP contribution in [0.4, 0.5) is 35.4 Å². The Bertz CT molecular complexity index is 1160. The van der Waals surface area contributed by atoms with Crippen molar-refractivity contribution in [2.45, 2.75) is 12.6 Å². The number of halogens is 5. The summed E-state index contributed by atoms with van der Waals surface area (Å²) < 4.78 is 39.8. The number of aromatic nitrogens is 2. The number of benzene rings is 2. The van der Waals surface area contributed by atoms with Crippen molar-refractivity contribution in [2.75, 3.05) is 43.1 Å². The maximum absolute atomic E-state index is 13.3. The Morgan fingerprint density at radius 2 is 1.70 bits per heavy atom. The van der Waals surface area contributed by atoms with Crippen molar-refractivity contribution >= 4 is 57.5 Å². The van der Waals surface area contributed by atoms with E-state index in [4.69, 9.17) is 23.2 Å². The van der Waals surface area contributed by atoms with Gasteiger partial charge in [-0.2, -0.15) is 18.2 Å². The summed E-state index contributed by atoms with van der Waals surface area (Å²) in [6.07, 6.45) is -4.01. The van der Waals surface area contributed by atoms with E-state index >= 15 is 0 Å². The average molecular weight is 501 g/mol. The topological polar surface area (TPSA) is 82.2 Å². The molecule has 1 heterocycles. The van der Waals surface area contributed by atoms with Crippen molar-refractivity contribution in [3.63, 3.8) is 0 Å². The largest absolute Gasteiger partial charge is 0.433 e. The van der Waals surface area contributed by atoms with E-state index in [9.17, 15) is 18.0 Å². The zero-order chi connectivity index (χ0) is 24.2. The number of nitrogens with zero attached hydrogens (tertiary/aromatic N) is 3.